The van der Waals surface area contributed by atoms with Gasteiger partial charge in [-0.1, -0.05) is 36.3 Å². The Bertz CT molecular complexity index is 1030. The van der Waals surface area contributed by atoms with Gasteiger partial charge < -0.3 is 10.2 Å². The van der Waals surface area contributed by atoms with Crippen molar-refractivity contribution >= 4 is 38.4 Å². The predicted molar refractivity (Wildman–Crippen MR) is 126 cm³/mol. The molecule has 2 aliphatic rings. The summed E-state index contributed by atoms with van der Waals surface area (Å²) in [5.41, 5.74) is 4.58. The average Bonchev–Trinajstić information content (AvgIpc) is 3.46. The summed E-state index contributed by atoms with van der Waals surface area (Å²) in [7, 11) is 0. The zero-order valence-electron chi connectivity index (χ0n) is 18.0. The van der Waals surface area contributed by atoms with E-state index in [1.165, 1.54) is 24.0 Å². The maximum atomic E-state index is 12.7. The van der Waals surface area contributed by atoms with Gasteiger partial charge in [0, 0.05) is 50.5 Å². The van der Waals surface area contributed by atoms with Crippen LogP contribution < -0.4 is 5.32 Å². The fourth-order valence-corrected chi connectivity index (χ4v) is 5.55. The molecule has 1 aliphatic heterocycles. The van der Waals surface area contributed by atoms with Gasteiger partial charge in [0.2, 0.25) is 5.91 Å². The maximum absolute atomic E-state index is 12.7. The summed E-state index contributed by atoms with van der Waals surface area (Å²) in [6.45, 7) is 6.67. The highest BCUT2D eigenvalue weighted by Crippen LogP contribution is 2.30. The van der Waals surface area contributed by atoms with Crippen LogP contribution in [0, 0.1) is 12.8 Å². The first-order valence-corrected chi connectivity index (χ1v) is 12.1. The van der Waals surface area contributed by atoms with Gasteiger partial charge in [0.15, 0.2) is 5.13 Å². The summed E-state index contributed by atoms with van der Waals surface area (Å²) in [5, 5.41) is 4.36. The Morgan fingerprint density at radius 3 is 2.71 bits per heavy atom. The molecule has 1 saturated heterocycles. The number of hydrogen-bond donors (Lipinski definition) is 1. The van der Waals surface area contributed by atoms with E-state index in [2.05, 4.69) is 50.2 Å². The minimum atomic E-state index is 0.286. The Morgan fingerprint density at radius 2 is 1.94 bits per heavy atom. The molecule has 1 amide bonds. The van der Waals surface area contributed by atoms with Crippen LogP contribution in [0.4, 0.5) is 10.8 Å². The summed E-state index contributed by atoms with van der Waals surface area (Å²) in [6.07, 6.45) is 6.41. The van der Waals surface area contributed by atoms with Crippen LogP contribution in [0.5, 0.6) is 0 Å². The first-order chi connectivity index (χ1) is 15.2. The van der Waals surface area contributed by atoms with Crippen LogP contribution in [0.25, 0.3) is 10.3 Å². The van der Waals surface area contributed by atoms with E-state index in [0.717, 1.165) is 66.7 Å². The Hall–Kier alpha value is -2.51. The molecule has 1 N–H and O–H groups in total. The molecular formula is C24H29N5OS. The van der Waals surface area contributed by atoms with E-state index in [1.54, 1.807) is 17.5 Å². The van der Waals surface area contributed by atoms with Gasteiger partial charge in [-0.15, -0.1) is 0 Å². The Morgan fingerprint density at radius 1 is 1.13 bits per heavy atom. The van der Waals surface area contributed by atoms with E-state index in [1.807, 2.05) is 12.1 Å². The number of amides is 1. The lowest BCUT2D eigenvalue weighted by molar-refractivity contribution is -0.137. The first kappa shape index (κ1) is 20.4. The minimum Gasteiger partial charge on any atom is -0.340 e. The molecule has 0 unspecified atom stereocenters. The van der Waals surface area contributed by atoms with E-state index in [9.17, 15) is 4.79 Å². The summed E-state index contributed by atoms with van der Waals surface area (Å²) < 4.78 is 0. The van der Waals surface area contributed by atoms with Gasteiger partial charge in [0.25, 0.3) is 0 Å². The summed E-state index contributed by atoms with van der Waals surface area (Å²) in [4.78, 5) is 27.2. The molecule has 1 aliphatic carbocycles. The lowest BCUT2D eigenvalue weighted by Gasteiger charge is -2.36. The number of fused-ring (bicyclic) bond motifs is 1. The number of carbonyl (C=O) groups excluding carboxylic acids is 1. The molecule has 3 heterocycles. The van der Waals surface area contributed by atoms with Crippen molar-refractivity contribution in [2.75, 3.05) is 31.5 Å². The standard InChI is InChI=1S/C24H29N5OS/c1-17-19(16-28-12-14-29(15-13-28)23(30)18-6-2-3-7-18)8-4-9-20(17)26-24-27-21-10-5-11-25-22(21)31-24/h4-5,8-11,18H,2-3,6-7,12-16H2,1H3,(H,26,27). The number of nitrogens with zero attached hydrogens (tertiary/aromatic N) is 4. The van der Waals surface area contributed by atoms with Crippen LogP contribution in [0.2, 0.25) is 0 Å². The molecule has 0 atom stereocenters. The van der Waals surface area contributed by atoms with Gasteiger partial charge in [-0.3, -0.25) is 9.69 Å². The van der Waals surface area contributed by atoms with E-state index in [4.69, 9.17) is 0 Å². The van der Waals surface area contributed by atoms with Crippen molar-refractivity contribution in [2.45, 2.75) is 39.2 Å². The van der Waals surface area contributed by atoms with Crippen molar-refractivity contribution in [2.24, 2.45) is 5.92 Å². The third kappa shape index (κ3) is 4.43. The lowest BCUT2D eigenvalue weighted by Crippen LogP contribution is -2.49. The minimum absolute atomic E-state index is 0.286. The number of thiazole rings is 1. The van der Waals surface area contributed by atoms with Gasteiger partial charge in [-0.05, 0) is 49.1 Å². The van der Waals surface area contributed by atoms with Gasteiger partial charge in [0.05, 0.1) is 0 Å². The molecule has 1 aromatic carbocycles. The topological polar surface area (TPSA) is 61.4 Å². The van der Waals surface area contributed by atoms with Crippen LogP contribution in [-0.4, -0.2) is 51.9 Å². The number of pyridine rings is 1. The molecule has 2 fully saturated rings. The van der Waals surface area contributed by atoms with Crippen LogP contribution in [0.15, 0.2) is 36.5 Å². The Balaban J connectivity index is 1.22. The SMILES string of the molecule is Cc1c(CN2CCN(C(=O)C3CCCC3)CC2)cccc1Nc1nc2cccnc2s1. The lowest BCUT2D eigenvalue weighted by atomic mass is 10.0. The highest BCUT2D eigenvalue weighted by molar-refractivity contribution is 7.21. The smallest absolute Gasteiger partial charge is 0.225 e. The number of rotatable bonds is 5. The predicted octanol–water partition coefficient (Wildman–Crippen LogP) is 4.58. The number of piperazine rings is 1. The third-order valence-corrected chi connectivity index (χ3v) is 7.53. The second-order valence-corrected chi connectivity index (χ2v) is 9.62. The molecule has 3 aromatic rings. The second kappa shape index (κ2) is 8.93. The van der Waals surface area contributed by atoms with Gasteiger partial charge in [0.1, 0.15) is 10.3 Å². The fourth-order valence-electron chi connectivity index (χ4n) is 4.73. The highest BCUT2D eigenvalue weighted by atomic mass is 32.1. The quantitative estimate of drug-likeness (QED) is 0.636. The Kier molecular flexibility index (Phi) is 5.87. The number of aromatic nitrogens is 2. The molecule has 0 radical (unpaired) electrons. The number of hydrogen-bond acceptors (Lipinski definition) is 6. The van der Waals surface area contributed by atoms with Crippen molar-refractivity contribution in [3.05, 3.63) is 47.7 Å². The van der Waals surface area contributed by atoms with Gasteiger partial charge >= 0.3 is 0 Å². The van der Waals surface area contributed by atoms with E-state index < -0.39 is 0 Å². The van der Waals surface area contributed by atoms with Crippen molar-refractivity contribution < 1.29 is 4.79 Å². The van der Waals surface area contributed by atoms with Crippen molar-refractivity contribution in [1.82, 2.24) is 19.8 Å². The molecule has 2 aromatic heterocycles. The number of nitrogens with one attached hydrogen (secondary N) is 1. The number of carbonyl (C=O) groups is 1. The zero-order chi connectivity index (χ0) is 21.2. The molecule has 0 spiro atoms. The normalized spacial score (nSPS) is 18.0. The van der Waals surface area contributed by atoms with Crippen molar-refractivity contribution in [1.29, 1.82) is 0 Å². The van der Waals surface area contributed by atoms with Crippen LogP contribution in [-0.2, 0) is 11.3 Å². The average molecular weight is 436 g/mol. The van der Waals surface area contributed by atoms with Crippen LogP contribution >= 0.6 is 11.3 Å². The molecule has 0 bridgehead atoms. The van der Waals surface area contributed by atoms with E-state index >= 15 is 0 Å². The molecule has 162 valence electrons. The zero-order valence-corrected chi connectivity index (χ0v) is 18.8. The van der Waals surface area contributed by atoms with Crippen LogP contribution in [0.1, 0.15) is 36.8 Å². The third-order valence-electron chi connectivity index (χ3n) is 6.64. The monoisotopic (exact) mass is 435 g/mol. The molecule has 1 saturated carbocycles. The van der Waals surface area contributed by atoms with Crippen molar-refractivity contribution in [3.8, 4) is 0 Å². The molecule has 5 rings (SSSR count). The van der Waals surface area contributed by atoms with Gasteiger partial charge in [-0.25, -0.2) is 9.97 Å². The maximum Gasteiger partial charge on any atom is 0.225 e. The van der Waals surface area contributed by atoms with E-state index in [-0.39, 0.29) is 5.92 Å². The summed E-state index contributed by atoms with van der Waals surface area (Å²) >= 11 is 1.57. The largest absolute Gasteiger partial charge is 0.340 e. The Labute approximate surface area is 187 Å². The van der Waals surface area contributed by atoms with Crippen molar-refractivity contribution in [3.63, 3.8) is 0 Å². The molecular weight excluding hydrogens is 406 g/mol. The fraction of sp³-hybridized carbons (Fsp3) is 0.458. The summed E-state index contributed by atoms with van der Waals surface area (Å²) in [6, 6.07) is 10.3. The molecule has 7 heteroatoms. The highest BCUT2D eigenvalue weighted by Gasteiger charge is 2.29. The van der Waals surface area contributed by atoms with E-state index in [0.29, 0.717) is 5.91 Å². The summed E-state index contributed by atoms with van der Waals surface area (Å²) in [5.74, 6) is 0.680. The second-order valence-electron chi connectivity index (χ2n) is 8.64. The molecule has 6 nitrogen and oxygen atoms in total. The molecule has 31 heavy (non-hydrogen) atoms. The van der Waals surface area contributed by atoms with Crippen LogP contribution in [0.3, 0.4) is 0 Å². The first-order valence-electron chi connectivity index (χ1n) is 11.3. The van der Waals surface area contributed by atoms with Gasteiger partial charge in [-0.2, -0.15) is 0 Å². The number of anilines is 2. The number of benzene rings is 1.